The van der Waals surface area contributed by atoms with Crippen LogP contribution in [0.5, 0.6) is 0 Å². The molecular weight excluding hydrogens is 388 g/mol. The molecule has 1 aromatic carbocycles. The van der Waals surface area contributed by atoms with E-state index in [0.717, 1.165) is 22.3 Å². The molecule has 1 fully saturated rings. The zero-order valence-electron chi connectivity index (χ0n) is 14.8. The predicted octanol–water partition coefficient (Wildman–Crippen LogP) is 1.04. The minimum absolute atomic E-state index is 0.0169. The molecule has 0 unspecified atom stereocenters. The first-order valence-corrected chi connectivity index (χ1v) is 10.6. The molecule has 2 aromatic heterocycles. The summed E-state index contributed by atoms with van der Waals surface area (Å²) < 4.78 is 34.4. The Kier molecular flexibility index (Phi) is 4.09. The number of nitrogens with zero attached hydrogens (tertiary/aromatic N) is 3. The zero-order valence-corrected chi connectivity index (χ0v) is 16.4. The number of aryl methyl sites for hydroxylation is 1. The number of sulfonamides is 1. The molecule has 1 saturated carbocycles. The van der Waals surface area contributed by atoms with Crippen molar-refractivity contribution in [2.24, 2.45) is 7.05 Å². The highest BCUT2D eigenvalue weighted by Gasteiger charge is 2.41. The van der Waals surface area contributed by atoms with Crippen LogP contribution in [0.1, 0.15) is 24.6 Å². The number of fused-ring (bicyclic) bond motifs is 1. The SMILES string of the molecule is Cn1c(=O)n(Cc2ccns2)c(=O)c2cc(S(=O)(=O)NC3(C)CC3)ccc21. The summed E-state index contributed by atoms with van der Waals surface area (Å²) in [5.41, 5.74) is -0.998. The van der Waals surface area contributed by atoms with Crippen molar-refractivity contribution >= 4 is 32.5 Å². The van der Waals surface area contributed by atoms with Gasteiger partial charge < -0.3 is 0 Å². The first kappa shape index (κ1) is 18.1. The van der Waals surface area contributed by atoms with Gasteiger partial charge in [0.05, 0.1) is 22.3 Å². The van der Waals surface area contributed by atoms with Crippen molar-refractivity contribution < 1.29 is 8.42 Å². The molecule has 0 saturated heterocycles. The highest BCUT2D eigenvalue weighted by atomic mass is 32.2. The largest absolute Gasteiger partial charge is 0.331 e. The summed E-state index contributed by atoms with van der Waals surface area (Å²) in [5.74, 6) is 0. The van der Waals surface area contributed by atoms with Crippen molar-refractivity contribution in [3.63, 3.8) is 0 Å². The van der Waals surface area contributed by atoms with Gasteiger partial charge in [0.25, 0.3) is 5.56 Å². The maximum atomic E-state index is 12.9. The lowest BCUT2D eigenvalue weighted by molar-refractivity contribution is 0.558. The lowest BCUT2D eigenvalue weighted by Gasteiger charge is -2.14. The number of hydrogen-bond donors (Lipinski definition) is 1. The van der Waals surface area contributed by atoms with Gasteiger partial charge in [-0.15, -0.1) is 0 Å². The van der Waals surface area contributed by atoms with Crippen LogP contribution in [0.25, 0.3) is 10.9 Å². The Bertz CT molecular complexity index is 1250. The Morgan fingerprint density at radius 3 is 2.63 bits per heavy atom. The Balaban J connectivity index is 1.87. The Labute approximate surface area is 159 Å². The summed E-state index contributed by atoms with van der Waals surface area (Å²) in [4.78, 5) is 26.3. The third-order valence-electron chi connectivity index (χ3n) is 4.82. The molecule has 1 aliphatic rings. The third kappa shape index (κ3) is 3.24. The third-order valence-corrected chi connectivity index (χ3v) is 7.18. The van der Waals surface area contributed by atoms with Gasteiger partial charge in [-0.25, -0.2) is 22.3 Å². The number of rotatable bonds is 5. The van der Waals surface area contributed by atoms with E-state index in [9.17, 15) is 18.0 Å². The van der Waals surface area contributed by atoms with E-state index >= 15 is 0 Å². The molecule has 8 nitrogen and oxygen atoms in total. The molecule has 0 radical (unpaired) electrons. The van der Waals surface area contributed by atoms with Crippen LogP contribution in [-0.4, -0.2) is 27.5 Å². The van der Waals surface area contributed by atoms with Crippen molar-refractivity contribution in [2.45, 2.75) is 36.7 Å². The molecule has 142 valence electrons. The van der Waals surface area contributed by atoms with E-state index in [4.69, 9.17) is 0 Å². The summed E-state index contributed by atoms with van der Waals surface area (Å²) in [6, 6.07) is 6.00. The van der Waals surface area contributed by atoms with Crippen molar-refractivity contribution in [1.82, 2.24) is 18.2 Å². The molecule has 0 aliphatic heterocycles. The van der Waals surface area contributed by atoms with Crippen LogP contribution in [0.15, 0.2) is 44.9 Å². The second-order valence-electron chi connectivity index (χ2n) is 7.06. The van der Waals surface area contributed by atoms with Gasteiger partial charge in [0.15, 0.2) is 0 Å². The van der Waals surface area contributed by atoms with Gasteiger partial charge in [-0.2, -0.15) is 0 Å². The van der Waals surface area contributed by atoms with Gasteiger partial charge in [-0.3, -0.25) is 13.9 Å². The summed E-state index contributed by atoms with van der Waals surface area (Å²) in [6.07, 6.45) is 3.18. The van der Waals surface area contributed by atoms with E-state index in [1.54, 1.807) is 19.3 Å². The predicted molar refractivity (Wildman–Crippen MR) is 103 cm³/mol. The summed E-state index contributed by atoms with van der Waals surface area (Å²) in [5, 5.41) is 0.186. The van der Waals surface area contributed by atoms with E-state index in [0.29, 0.717) is 5.52 Å². The van der Waals surface area contributed by atoms with Crippen molar-refractivity contribution in [1.29, 1.82) is 0 Å². The van der Waals surface area contributed by atoms with Crippen LogP contribution in [0.3, 0.4) is 0 Å². The minimum Gasteiger partial charge on any atom is -0.296 e. The molecule has 1 N–H and O–H groups in total. The molecule has 0 amide bonds. The van der Waals surface area contributed by atoms with Crippen LogP contribution >= 0.6 is 11.5 Å². The second kappa shape index (κ2) is 6.11. The normalized spacial score (nSPS) is 15.9. The summed E-state index contributed by atoms with van der Waals surface area (Å²) in [6.45, 7) is 1.94. The maximum absolute atomic E-state index is 12.9. The summed E-state index contributed by atoms with van der Waals surface area (Å²) >= 11 is 1.20. The molecular formula is C17H18N4O4S2. The van der Waals surface area contributed by atoms with Gasteiger partial charge in [-0.1, -0.05) is 0 Å². The fraction of sp³-hybridized carbons (Fsp3) is 0.353. The number of hydrogen-bond acceptors (Lipinski definition) is 6. The van der Waals surface area contributed by atoms with E-state index < -0.39 is 26.8 Å². The monoisotopic (exact) mass is 406 g/mol. The quantitative estimate of drug-likeness (QED) is 0.682. The van der Waals surface area contributed by atoms with E-state index in [1.165, 1.54) is 34.3 Å². The van der Waals surface area contributed by atoms with Crippen molar-refractivity contribution in [3.8, 4) is 0 Å². The van der Waals surface area contributed by atoms with E-state index in [2.05, 4.69) is 9.10 Å². The molecule has 3 aromatic rings. The molecule has 1 aliphatic carbocycles. The Morgan fingerprint density at radius 1 is 1.26 bits per heavy atom. The van der Waals surface area contributed by atoms with Crippen LogP contribution < -0.4 is 16.0 Å². The zero-order chi connectivity index (χ0) is 19.4. The molecule has 4 rings (SSSR count). The van der Waals surface area contributed by atoms with Gasteiger partial charge in [0.1, 0.15) is 0 Å². The average molecular weight is 406 g/mol. The number of benzene rings is 1. The number of nitrogens with one attached hydrogen (secondary N) is 1. The Morgan fingerprint density at radius 2 is 2.00 bits per heavy atom. The molecule has 27 heavy (non-hydrogen) atoms. The molecule has 0 spiro atoms. The first-order valence-electron chi connectivity index (χ1n) is 8.37. The van der Waals surface area contributed by atoms with Crippen LogP contribution in [-0.2, 0) is 23.6 Å². The van der Waals surface area contributed by atoms with Crippen LogP contribution in [0.4, 0.5) is 0 Å². The molecule has 2 heterocycles. The lowest BCUT2D eigenvalue weighted by atomic mass is 10.2. The summed E-state index contributed by atoms with van der Waals surface area (Å²) in [7, 11) is -2.18. The average Bonchev–Trinajstić information content (AvgIpc) is 3.12. The minimum atomic E-state index is -3.74. The smallest absolute Gasteiger partial charge is 0.296 e. The maximum Gasteiger partial charge on any atom is 0.331 e. The lowest BCUT2D eigenvalue weighted by Crippen LogP contribution is -2.39. The van der Waals surface area contributed by atoms with Crippen molar-refractivity contribution in [2.75, 3.05) is 0 Å². The fourth-order valence-corrected chi connectivity index (χ4v) is 5.01. The standard InChI is InChI=1S/C17H18N4O4S2/c1-17(6-7-17)19-27(24,25)12-3-4-14-13(9-12)15(22)21(16(23)20(14)2)10-11-5-8-18-26-11/h3-5,8-9,19H,6-7,10H2,1-2H3. The second-order valence-corrected chi connectivity index (χ2v) is 9.66. The molecule has 10 heteroatoms. The van der Waals surface area contributed by atoms with Crippen LogP contribution in [0, 0.1) is 0 Å². The fourth-order valence-electron chi connectivity index (χ4n) is 2.95. The van der Waals surface area contributed by atoms with Crippen LogP contribution in [0.2, 0.25) is 0 Å². The van der Waals surface area contributed by atoms with Gasteiger partial charge in [0.2, 0.25) is 10.0 Å². The van der Waals surface area contributed by atoms with Gasteiger partial charge in [-0.05, 0) is 55.6 Å². The van der Waals surface area contributed by atoms with Crippen molar-refractivity contribution in [3.05, 3.63) is 56.2 Å². The van der Waals surface area contributed by atoms with E-state index in [-0.39, 0.29) is 16.8 Å². The highest BCUT2D eigenvalue weighted by molar-refractivity contribution is 7.89. The van der Waals surface area contributed by atoms with Gasteiger partial charge >= 0.3 is 5.69 Å². The van der Waals surface area contributed by atoms with Gasteiger partial charge in [0, 0.05) is 23.7 Å². The highest BCUT2D eigenvalue weighted by Crippen LogP contribution is 2.36. The molecule has 0 atom stereocenters. The molecule has 0 bridgehead atoms. The topological polar surface area (TPSA) is 103 Å². The van der Waals surface area contributed by atoms with E-state index in [1.807, 2.05) is 6.92 Å². The number of aromatic nitrogens is 3. The first-order chi connectivity index (χ1) is 12.7. The Hall–Kier alpha value is -2.30.